The van der Waals surface area contributed by atoms with Crippen LogP contribution in [0.15, 0.2) is 0 Å². The van der Waals surface area contributed by atoms with Gasteiger partial charge in [0.05, 0.1) is 6.10 Å². The first kappa shape index (κ1) is 13.9. The molecule has 0 aromatic rings. The summed E-state index contributed by atoms with van der Waals surface area (Å²) >= 11 is 0. The Labute approximate surface area is 98.0 Å². The van der Waals surface area contributed by atoms with Gasteiger partial charge in [-0.05, 0) is 32.6 Å². The van der Waals surface area contributed by atoms with E-state index in [9.17, 15) is 8.42 Å². The van der Waals surface area contributed by atoms with Gasteiger partial charge in [-0.2, -0.15) is 12.7 Å². The van der Waals surface area contributed by atoms with Crippen molar-refractivity contribution < 1.29 is 13.5 Å². The summed E-state index contributed by atoms with van der Waals surface area (Å²) in [6.07, 6.45) is 3.96. The molecule has 0 saturated carbocycles. The van der Waals surface area contributed by atoms with Crippen molar-refractivity contribution in [3.05, 3.63) is 0 Å². The Hall–Kier alpha value is -0.170. The normalized spacial score (nSPS) is 20.9. The van der Waals surface area contributed by atoms with Crippen molar-refractivity contribution in [3.8, 4) is 0 Å². The fourth-order valence-electron chi connectivity index (χ4n) is 1.80. The van der Waals surface area contributed by atoms with Crippen LogP contribution in [0.1, 0.15) is 39.0 Å². The van der Waals surface area contributed by atoms with E-state index in [2.05, 4.69) is 4.72 Å². The molecule has 1 aliphatic rings. The number of piperidine rings is 1. The molecule has 0 amide bonds. The molecule has 1 atom stereocenters. The molecule has 0 aromatic carbocycles. The average molecular weight is 250 g/mol. The molecule has 1 aliphatic heterocycles. The van der Waals surface area contributed by atoms with Crippen LogP contribution in [0.3, 0.4) is 0 Å². The van der Waals surface area contributed by atoms with Gasteiger partial charge in [0.15, 0.2) is 0 Å². The minimum absolute atomic E-state index is 0.362. The fraction of sp³-hybridized carbons (Fsp3) is 1.00. The number of rotatable bonds is 6. The second-order valence-electron chi connectivity index (χ2n) is 4.35. The lowest BCUT2D eigenvalue weighted by Gasteiger charge is -2.25. The molecule has 2 N–H and O–H groups in total. The lowest BCUT2D eigenvalue weighted by Crippen LogP contribution is -2.43. The summed E-state index contributed by atoms with van der Waals surface area (Å²) in [5, 5.41) is 9.04. The molecule has 1 fully saturated rings. The maximum absolute atomic E-state index is 11.8. The molecule has 1 heterocycles. The summed E-state index contributed by atoms with van der Waals surface area (Å²) in [7, 11) is -3.28. The van der Waals surface area contributed by atoms with E-state index in [1.807, 2.05) is 0 Å². The zero-order valence-electron chi connectivity index (χ0n) is 9.85. The van der Waals surface area contributed by atoms with Gasteiger partial charge in [-0.3, -0.25) is 0 Å². The lowest BCUT2D eigenvalue weighted by atomic mass is 10.2. The fourth-order valence-corrected chi connectivity index (χ4v) is 3.12. The molecule has 6 heteroatoms. The first-order valence-electron chi connectivity index (χ1n) is 5.95. The monoisotopic (exact) mass is 250 g/mol. The third-order valence-corrected chi connectivity index (χ3v) is 4.35. The van der Waals surface area contributed by atoms with Crippen molar-refractivity contribution in [3.63, 3.8) is 0 Å². The molecular formula is C10H22N2O3S. The maximum atomic E-state index is 11.8. The van der Waals surface area contributed by atoms with Gasteiger partial charge in [-0.25, -0.2) is 4.72 Å². The highest BCUT2D eigenvalue weighted by atomic mass is 32.2. The SMILES string of the molecule is CC(O)CCCNS(=O)(=O)N1CCCCC1. The second-order valence-corrected chi connectivity index (χ2v) is 6.11. The minimum Gasteiger partial charge on any atom is -0.393 e. The summed E-state index contributed by atoms with van der Waals surface area (Å²) in [6, 6.07) is 0. The van der Waals surface area contributed by atoms with E-state index < -0.39 is 10.2 Å². The summed E-state index contributed by atoms with van der Waals surface area (Å²) in [5.41, 5.74) is 0. The van der Waals surface area contributed by atoms with Gasteiger partial charge in [-0.15, -0.1) is 0 Å². The second kappa shape index (κ2) is 6.54. The smallest absolute Gasteiger partial charge is 0.279 e. The zero-order chi connectivity index (χ0) is 12.0. The Morgan fingerprint density at radius 3 is 2.50 bits per heavy atom. The van der Waals surface area contributed by atoms with E-state index in [0.29, 0.717) is 32.5 Å². The number of nitrogens with zero attached hydrogens (tertiary/aromatic N) is 1. The van der Waals surface area contributed by atoms with Crippen LogP contribution in [0.5, 0.6) is 0 Å². The largest absolute Gasteiger partial charge is 0.393 e. The first-order chi connectivity index (χ1) is 7.52. The highest BCUT2D eigenvalue weighted by molar-refractivity contribution is 7.87. The molecule has 1 rings (SSSR count). The molecular weight excluding hydrogens is 228 g/mol. The van der Waals surface area contributed by atoms with Crippen molar-refractivity contribution >= 4 is 10.2 Å². The zero-order valence-corrected chi connectivity index (χ0v) is 10.7. The molecule has 96 valence electrons. The predicted molar refractivity (Wildman–Crippen MR) is 63.3 cm³/mol. The molecule has 0 radical (unpaired) electrons. The summed E-state index contributed by atoms with van der Waals surface area (Å²) in [6.45, 7) is 3.38. The van der Waals surface area contributed by atoms with E-state index in [0.717, 1.165) is 19.3 Å². The number of aliphatic hydroxyl groups excluding tert-OH is 1. The quantitative estimate of drug-likeness (QED) is 0.673. The van der Waals surface area contributed by atoms with Gasteiger partial charge in [-0.1, -0.05) is 6.42 Å². The van der Waals surface area contributed by atoms with Crippen molar-refractivity contribution in [1.29, 1.82) is 0 Å². The van der Waals surface area contributed by atoms with Gasteiger partial charge in [0.25, 0.3) is 10.2 Å². The summed E-state index contributed by atoms with van der Waals surface area (Å²) in [5.74, 6) is 0. The number of aliphatic hydroxyl groups is 1. The van der Waals surface area contributed by atoms with E-state index in [4.69, 9.17) is 5.11 Å². The standard InChI is InChI=1S/C10H22N2O3S/c1-10(13)6-5-7-11-16(14,15)12-8-3-2-4-9-12/h10-11,13H,2-9H2,1H3. The van der Waals surface area contributed by atoms with Crippen molar-refractivity contribution in [2.24, 2.45) is 0 Å². The molecule has 0 aromatic heterocycles. The third-order valence-electron chi connectivity index (χ3n) is 2.74. The van der Waals surface area contributed by atoms with Crippen LogP contribution in [0.2, 0.25) is 0 Å². The third kappa shape index (κ3) is 4.78. The van der Waals surface area contributed by atoms with Crippen molar-refractivity contribution in [2.45, 2.75) is 45.1 Å². The Balaban J connectivity index is 2.27. The van der Waals surface area contributed by atoms with Crippen molar-refractivity contribution in [2.75, 3.05) is 19.6 Å². The molecule has 1 saturated heterocycles. The first-order valence-corrected chi connectivity index (χ1v) is 7.39. The topological polar surface area (TPSA) is 69.6 Å². The van der Waals surface area contributed by atoms with Gasteiger partial charge in [0.1, 0.15) is 0 Å². The van der Waals surface area contributed by atoms with E-state index in [-0.39, 0.29) is 6.10 Å². The van der Waals surface area contributed by atoms with Crippen LogP contribution in [0, 0.1) is 0 Å². The molecule has 16 heavy (non-hydrogen) atoms. The molecule has 0 aliphatic carbocycles. The summed E-state index contributed by atoms with van der Waals surface area (Å²) in [4.78, 5) is 0. The Morgan fingerprint density at radius 2 is 1.94 bits per heavy atom. The van der Waals surface area contributed by atoms with Crippen LogP contribution in [0.25, 0.3) is 0 Å². The predicted octanol–water partition coefficient (Wildman–Crippen LogP) is 0.468. The van der Waals surface area contributed by atoms with Crippen LogP contribution < -0.4 is 4.72 Å². The molecule has 0 spiro atoms. The molecule has 1 unspecified atom stereocenters. The highest BCUT2D eigenvalue weighted by Gasteiger charge is 2.22. The number of hydrogen-bond donors (Lipinski definition) is 2. The van der Waals surface area contributed by atoms with Crippen LogP contribution in [-0.4, -0.2) is 43.6 Å². The maximum Gasteiger partial charge on any atom is 0.279 e. The van der Waals surface area contributed by atoms with E-state index in [1.54, 1.807) is 6.92 Å². The van der Waals surface area contributed by atoms with Crippen LogP contribution in [0.4, 0.5) is 0 Å². The Bertz CT molecular complexity index is 284. The van der Waals surface area contributed by atoms with Gasteiger partial charge in [0, 0.05) is 19.6 Å². The van der Waals surface area contributed by atoms with E-state index >= 15 is 0 Å². The highest BCUT2D eigenvalue weighted by Crippen LogP contribution is 2.11. The molecule has 5 nitrogen and oxygen atoms in total. The molecule has 0 bridgehead atoms. The minimum atomic E-state index is -3.28. The van der Waals surface area contributed by atoms with Gasteiger partial charge in [0.2, 0.25) is 0 Å². The number of nitrogens with one attached hydrogen (secondary N) is 1. The van der Waals surface area contributed by atoms with E-state index in [1.165, 1.54) is 4.31 Å². The van der Waals surface area contributed by atoms with Crippen molar-refractivity contribution in [1.82, 2.24) is 9.03 Å². The van der Waals surface area contributed by atoms with Gasteiger partial charge < -0.3 is 5.11 Å². The van der Waals surface area contributed by atoms with Gasteiger partial charge >= 0.3 is 0 Å². The van der Waals surface area contributed by atoms with Crippen LogP contribution >= 0.6 is 0 Å². The van der Waals surface area contributed by atoms with Crippen LogP contribution in [-0.2, 0) is 10.2 Å². The Morgan fingerprint density at radius 1 is 1.31 bits per heavy atom. The Kier molecular flexibility index (Phi) is 5.68. The number of hydrogen-bond acceptors (Lipinski definition) is 3. The average Bonchev–Trinajstić information content (AvgIpc) is 2.26. The summed E-state index contributed by atoms with van der Waals surface area (Å²) < 4.78 is 27.6. The lowest BCUT2D eigenvalue weighted by molar-refractivity contribution is 0.182.